The van der Waals surface area contributed by atoms with Crippen LogP contribution in [0.25, 0.3) is 0 Å². The van der Waals surface area contributed by atoms with Crippen molar-refractivity contribution in [3.05, 3.63) is 35.9 Å². The van der Waals surface area contributed by atoms with E-state index in [0.717, 1.165) is 18.4 Å². The van der Waals surface area contributed by atoms with Crippen LogP contribution in [0.3, 0.4) is 0 Å². The molecule has 0 N–H and O–H groups in total. The molecule has 2 heteroatoms. The molecule has 0 heterocycles. The number of benzene rings is 1. The lowest BCUT2D eigenvalue weighted by atomic mass is 9.84. The van der Waals surface area contributed by atoms with E-state index < -0.39 is 5.79 Å². The van der Waals surface area contributed by atoms with Gasteiger partial charge in [0.2, 0.25) is 0 Å². The highest BCUT2D eigenvalue weighted by Gasteiger charge is 2.43. The van der Waals surface area contributed by atoms with Gasteiger partial charge in [-0.25, -0.2) is 0 Å². The number of hydrogen-bond acceptors (Lipinski definition) is 2. The van der Waals surface area contributed by atoms with E-state index in [0.29, 0.717) is 5.92 Å². The molecule has 0 aromatic heterocycles. The quantitative estimate of drug-likeness (QED) is 0.252. The highest BCUT2D eigenvalue weighted by Crippen LogP contribution is 2.42. The fourth-order valence-corrected chi connectivity index (χ4v) is 3.80. The van der Waals surface area contributed by atoms with Crippen molar-refractivity contribution >= 4 is 0 Å². The van der Waals surface area contributed by atoms with E-state index in [1.807, 2.05) is 0 Å². The third-order valence-corrected chi connectivity index (χ3v) is 4.93. The van der Waals surface area contributed by atoms with Crippen LogP contribution in [0.15, 0.2) is 30.3 Å². The Hall–Kier alpha value is -0.860. The van der Waals surface area contributed by atoms with Crippen molar-refractivity contribution in [2.75, 3.05) is 0 Å². The third kappa shape index (κ3) is 7.40. The van der Waals surface area contributed by atoms with Crippen molar-refractivity contribution in [2.45, 2.75) is 111 Å². The fourth-order valence-electron chi connectivity index (χ4n) is 3.80. The van der Waals surface area contributed by atoms with Crippen molar-refractivity contribution in [2.24, 2.45) is 5.92 Å². The number of ether oxygens (including phenoxy) is 2. The highest BCUT2D eigenvalue weighted by molar-refractivity contribution is 5.21. The van der Waals surface area contributed by atoms with Crippen LogP contribution >= 0.6 is 0 Å². The van der Waals surface area contributed by atoms with Crippen LogP contribution in [-0.2, 0) is 15.3 Å². The smallest absolute Gasteiger partial charge is 0.198 e. The molecule has 0 aliphatic carbocycles. The van der Waals surface area contributed by atoms with Gasteiger partial charge in [0, 0.05) is 11.5 Å². The van der Waals surface area contributed by atoms with Gasteiger partial charge in [0.15, 0.2) is 5.79 Å². The van der Waals surface area contributed by atoms with E-state index in [2.05, 4.69) is 71.9 Å². The molecule has 0 amide bonds. The van der Waals surface area contributed by atoms with Crippen LogP contribution in [0.2, 0.25) is 0 Å². The molecule has 0 spiro atoms. The molecule has 150 valence electrons. The normalized spacial score (nSPS) is 13.5. The molecule has 1 atom stereocenters. The SMILES string of the molecule is CCCCCCCCC(CC)C(OC(C)C)(OC(C)C)c1ccccc1. The standard InChI is InChI=1S/C24H42O2/c1-7-9-10-11-12-14-17-22(8-2)24(25-20(3)4,26-21(5)6)23-18-15-13-16-19-23/h13,15-16,18-22H,7-12,14,17H2,1-6H3. The topological polar surface area (TPSA) is 18.5 Å². The number of rotatable bonds is 14. The molecule has 26 heavy (non-hydrogen) atoms. The first-order valence-electron chi connectivity index (χ1n) is 10.9. The molecule has 0 saturated carbocycles. The predicted octanol–water partition coefficient (Wildman–Crippen LogP) is 7.47. The number of unbranched alkanes of at least 4 members (excludes halogenated alkanes) is 5. The van der Waals surface area contributed by atoms with Crippen molar-refractivity contribution in [1.82, 2.24) is 0 Å². The second kappa shape index (κ2) is 12.5. The summed E-state index contributed by atoms with van der Waals surface area (Å²) in [7, 11) is 0. The van der Waals surface area contributed by atoms with Crippen LogP contribution in [-0.4, -0.2) is 12.2 Å². The van der Waals surface area contributed by atoms with Crippen LogP contribution in [0, 0.1) is 5.92 Å². The monoisotopic (exact) mass is 362 g/mol. The van der Waals surface area contributed by atoms with E-state index in [1.165, 1.54) is 38.5 Å². The molecule has 1 unspecified atom stereocenters. The third-order valence-electron chi connectivity index (χ3n) is 4.93. The lowest BCUT2D eigenvalue weighted by Gasteiger charge is -2.43. The second-order valence-corrected chi connectivity index (χ2v) is 8.03. The maximum Gasteiger partial charge on any atom is 0.198 e. The van der Waals surface area contributed by atoms with E-state index >= 15 is 0 Å². The van der Waals surface area contributed by atoms with Gasteiger partial charge in [-0.15, -0.1) is 0 Å². The Morgan fingerprint density at radius 1 is 0.769 bits per heavy atom. The van der Waals surface area contributed by atoms with Crippen LogP contribution < -0.4 is 0 Å². The number of hydrogen-bond donors (Lipinski definition) is 0. The minimum absolute atomic E-state index is 0.118. The Balaban J connectivity index is 2.98. The van der Waals surface area contributed by atoms with Gasteiger partial charge in [-0.05, 0) is 40.5 Å². The summed E-state index contributed by atoms with van der Waals surface area (Å²) in [6.07, 6.45) is 10.4. The molecule has 2 nitrogen and oxygen atoms in total. The molecule has 1 aromatic carbocycles. The summed E-state index contributed by atoms with van der Waals surface area (Å²) < 4.78 is 13.1. The van der Waals surface area contributed by atoms with E-state index in [1.54, 1.807) is 0 Å². The lowest BCUT2D eigenvalue weighted by Crippen LogP contribution is -2.44. The van der Waals surface area contributed by atoms with Gasteiger partial charge in [0.1, 0.15) is 0 Å². The molecular formula is C24H42O2. The summed E-state index contributed by atoms with van der Waals surface area (Å²) in [5.74, 6) is -0.289. The molecule has 0 aliphatic heterocycles. The van der Waals surface area contributed by atoms with Crippen molar-refractivity contribution in [3.63, 3.8) is 0 Å². The molecule has 0 radical (unpaired) electrons. The van der Waals surface area contributed by atoms with Crippen LogP contribution in [0.1, 0.15) is 98.5 Å². The molecule has 1 rings (SSSR count). The maximum atomic E-state index is 6.56. The van der Waals surface area contributed by atoms with Crippen LogP contribution in [0.5, 0.6) is 0 Å². The zero-order valence-electron chi connectivity index (χ0n) is 18.1. The Morgan fingerprint density at radius 3 is 1.81 bits per heavy atom. The van der Waals surface area contributed by atoms with Crippen molar-refractivity contribution in [1.29, 1.82) is 0 Å². The molecule has 1 aromatic rings. The summed E-state index contributed by atoms with van der Waals surface area (Å²) in [6, 6.07) is 10.6. The first-order chi connectivity index (χ1) is 12.5. The van der Waals surface area contributed by atoms with Crippen molar-refractivity contribution in [3.8, 4) is 0 Å². The predicted molar refractivity (Wildman–Crippen MR) is 112 cm³/mol. The fraction of sp³-hybridized carbons (Fsp3) is 0.750. The average Bonchev–Trinajstić information content (AvgIpc) is 2.60. The minimum atomic E-state index is -0.651. The summed E-state index contributed by atoms with van der Waals surface area (Å²) in [5, 5.41) is 0. The molecule has 0 aliphatic rings. The second-order valence-electron chi connectivity index (χ2n) is 8.03. The largest absolute Gasteiger partial charge is 0.343 e. The summed E-state index contributed by atoms with van der Waals surface area (Å²) in [6.45, 7) is 13.0. The Bertz CT molecular complexity index is 443. The Labute approximate surface area is 162 Å². The molecule has 0 saturated heterocycles. The van der Waals surface area contributed by atoms with Gasteiger partial charge >= 0.3 is 0 Å². The van der Waals surface area contributed by atoms with Gasteiger partial charge in [-0.2, -0.15) is 0 Å². The maximum absolute atomic E-state index is 6.56. The summed E-state index contributed by atoms with van der Waals surface area (Å²) in [5.41, 5.74) is 1.15. The summed E-state index contributed by atoms with van der Waals surface area (Å²) in [4.78, 5) is 0. The molecular weight excluding hydrogens is 320 g/mol. The average molecular weight is 363 g/mol. The van der Waals surface area contributed by atoms with Gasteiger partial charge < -0.3 is 9.47 Å². The Morgan fingerprint density at radius 2 is 1.31 bits per heavy atom. The van der Waals surface area contributed by atoms with Gasteiger partial charge in [0.05, 0.1) is 12.2 Å². The van der Waals surface area contributed by atoms with Gasteiger partial charge in [-0.1, -0.05) is 82.7 Å². The van der Waals surface area contributed by atoms with E-state index in [-0.39, 0.29) is 12.2 Å². The zero-order chi connectivity index (χ0) is 19.4. The summed E-state index contributed by atoms with van der Waals surface area (Å²) >= 11 is 0. The van der Waals surface area contributed by atoms with Gasteiger partial charge in [-0.3, -0.25) is 0 Å². The minimum Gasteiger partial charge on any atom is -0.343 e. The Kier molecular flexibility index (Phi) is 11.2. The lowest BCUT2D eigenvalue weighted by molar-refractivity contribution is -0.308. The van der Waals surface area contributed by atoms with Crippen molar-refractivity contribution < 1.29 is 9.47 Å². The molecule has 0 bridgehead atoms. The highest BCUT2D eigenvalue weighted by atomic mass is 16.7. The van der Waals surface area contributed by atoms with E-state index in [9.17, 15) is 0 Å². The van der Waals surface area contributed by atoms with E-state index in [4.69, 9.17) is 9.47 Å². The first kappa shape index (κ1) is 23.2. The first-order valence-corrected chi connectivity index (χ1v) is 10.9. The van der Waals surface area contributed by atoms with Gasteiger partial charge in [0.25, 0.3) is 0 Å². The molecule has 0 fully saturated rings. The van der Waals surface area contributed by atoms with Crippen LogP contribution in [0.4, 0.5) is 0 Å². The zero-order valence-corrected chi connectivity index (χ0v) is 18.1.